The first-order chi connectivity index (χ1) is 7.66. The average molecular weight is 238 g/mol. The Bertz CT molecular complexity index is 482. The predicted molar refractivity (Wildman–Crippen MR) is 63.0 cm³/mol. The van der Waals surface area contributed by atoms with Gasteiger partial charge in [-0.05, 0) is 25.5 Å². The zero-order valence-corrected chi connectivity index (χ0v) is 9.82. The highest BCUT2D eigenvalue weighted by molar-refractivity contribution is 6.20. The van der Waals surface area contributed by atoms with Gasteiger partial charge in [0.25, 0.3) is 0 Å². The Morgan fingerprint density at radius 1 is 1.31 bits per heavy atom. The number of hydrogen-bond donors (Lipinski definition) is 1. The van der Waals surface area contributed by atoms with Crippen LogP contribution < -0.4 is 5.32 Å². The molecule has 0 radical (unpaired) electrons. The van der Waals surface area contributed by atoms with Crippen molar-refractivity contribution in [1.29, 1.82) is 0 Å². The number of nitrogens with one attached hydrogen (secondary N) is 1. The molecular formula is C11H12ClN3O. The lowest BCUT2D eigenvalue weighted by Crippen LogP contribution is -1.92. The van der Waals surface area contributed by atoms with Crippen LogP contribution in [0.4, 0.5) is 11.7 Å². The minimum atomic E-state index is -0.278. The van der Waals surface area contributed by atoms with Crippen LogP contribution in [0.15, 0.2) is 28.7 Å². The van der Waals surface area contributed by atoms with Gasteiger partial charge in [-0.15, -0.1) is 16.7 Å². The molecule has 0 bridgehead atoms. The second-order valence-corrected chi connectivity index (χ2v) is 4.16. The quantitative estimate of drug-likeness (QED) is 0.831. The number of aromatic nitrogens is 2. The molecule has 16 heavy (non-hydrogen) atoms. The van der Waals surface area contributed by atoms with Gasteiger partial charge in [-0.3, -0.25) is 0 Å². The van der Waals surface area contributed by atoms with Crippen LogP contribution in [0.25, 0.3) is 0 Å². The third-order valence-electron chi connectivity index (χ3n) is 2.17. The number of anilines is 2. The molecule has 1 heterocycles. The normalized spacial score (nSPS) is 12.4. The van der Waals surface area contributed by atoms with Crippen molar-refractivity contribution in [3.8, 4) is 0 Å². The van der Waals surface area contributed by atoms with Gasteiger partial charge in [0.1, 0.15) is 5.38 Å². The predicted octanol–water partition coefficient (Wildman–Crippen LogP) is 3.42. The summed E-state index contributed by atoms with van der Waals surface area (Å²) in [7, 11) is 0. The number of benzene rings is 1. The highest BCUT2D eigenvalue weighted by Gasteiger charge is 2.11. The molecule has 0 spiro atoms. The van der Waals surface area contributed by atoms with Crippen LogP contribution in [0, 0.1) is 6.92 Å². The van der Waals surface area contributed by atoms with Gasteiger partial charge in [0.2, 0.25) is 5.89 Å². The number of rotatable bonds is 3. The molecule has 84 valence electrons. The van der Waals surface area contributed by atoms with Crippen molar-refractivity contribution in [2.75, 3.05) is 5.32 Å². The van der Waals surface area contributed by atoms with E-state index in [9.17, 15) is 0 Å². The molecule has 0 fully saturated rings. The fourth-order valence-corrected chi connectivity index (χ4v) is 1.36. The van der Waals surface area contributed by atoms with Crippen LogP contribution in [0.1, 0.15) is 23.8 Å². The molecule has 0 aliphatic heterocycles. The molecular weight excluding hydrogens is 226 g/mol. The van der Waals surface area contributed by atoms with E-state index in [0.717, 1.165) is 11.3 Å². The van der Waals surface area contributed by atoms with Gasteiger partial charge in [-0.25, -0.2) is 0 Å². The summed E-state index contributed by atoms with van der Waals surface area (Å²) >= 11 is 5.83. The van der Waals surface area contributed by atoms with Crippen molar-refractivity contribution < 1.29 is 4.42 Å². The number of alkyl halides is 1. The molecule has 0 aliphatic rings. The van der Waals surface area contributed by atoms with E-state index in [0.29, 0.717) is 11.9 Å². The van der Waals surface area contributed by atoms with Gasteiger partial charge < -0.3 is 9.73 Å². The van der Waals surface area contributed by atoms with Crippen LogP contribution in [-0.4, -0.2) is 10.2 Å². The Labute approximate surface area is 98.6 Å². The van der Waals surface area contributed by atoms with E-state index in [1.807, 2.05) is 31.2 Å². The first-order valence-corrected chi connectivity index (χ1v) is 5.40. The molecule has 0 saturated carbocycles. The smallest absolute Gasteiger partial charge is 0.320 e. The van der Waals surface area contributed by atoms with Crippen LogP contribution in [0.5, 0.6) is 0 Å². The van der Waals surface area contributed by atoms with Crippen molar-refractivity contribution in [1.82, 2.24) is 10.2 Å². The topological polar surface area (TPSA) is 51.0 Å². The van der Waals surface area contributed by atoms with E-state index in [2.05, 4.69) is 15.5 Å². The van der Waals surface area contributed by atoms with Gasteiger partial charge >= 0.3 is 6.01 Å². The Morgan fingerprint density at radius 3 is 2.69 bits per heavy atom. The number of hydrogen-bond acceptors (Lipinski definition) is 4. The monoisotopic (exact) mass is 237 g/mol. The molecule has 0 aliphatic carbocycles. The number of para-hydroxylation sites is 1. The molecule has 1 aromatic carbocycles. The van der Waals surface area contributed by atoms with Gasteiger partial charge in [0.05, 0.1) is 0 Å². The van der Waals surface area contributed by atoms with Crippen molar-refractivity contribution in [3.05, 3.63) is 35.7 Å². The summed E-state index contributed by atoms with van der Waals surface area (Å²) < 4.78 is 5.34. The Kier molecular flexibility index (Phi) is 3.10. The summed E-state index contributed by atoms with van der Waals surface area (Å²) in [6.07, 6.45) is 0. The van der Waals surface area contributed by atoms with Crippen LogP contribution >= 0.6 is 11.6 Å². The molecule has 2 rings (SSSR count). The lowest BCUT2D eigenvalue weighted by molar-refractivity contribution is 0.510. The van der Waals surface area contributed by atoms with E-state index in [-0.39, 0.29) is 5.38 Å². The first-order valence-electron chi connectivity index (χ1n) is 4.97. The summed E-state index contributed by atoms with van der Waals surface area (Å²) in [4.78, 5) is 0. The molecule has 1 N–H and O–H groups in total. The molecule has 4 nitrogen and oxygen atoms in total. The molecule has 1 aromatic heterocycles. The maximum absolute atomic E-state index is 5.83. The minimum absolute atomic E-state index is 0.278. The van der Waals surface area contributed by atoms with Crippen molar-refractivity contribution in [2.45, 2.75) is 19.2 Å². The SMILES string of the molecule is Cc1ccccc1Nc1nnc(C(C)Cl)o1. The molecule has 2 aromatic rings. The van der Waals surface area contributed by atoms with Crippen molar-refractivity contribution in [3.63, 3.8) is 0 Å². The van der Waals surface area contributed by atoms with E-state index in [1.165, 1.54) is 0 Å². The number of nitrogens with zero attached hydrogens (tertiary/aromatic N) is 2. The Hall–Kier alpha value is -1.55. The summed E-state index contributed by atoms with van der Waals surface area (Å²) in [5.74, 6) is 0.415. The highest BCUT2D eigenvalue weighted by atomic mass is 35.5. The summed E-state index contributed by atoms with van der Waals surface area (Å²) in [6.45, 7) is 3.79. The third kappa shape index (κ3) is 2.33. The molecule has 0 amide bonds. The zero-order valence-electron chi connectivity index (χ0n) is 9.07. The molecule has 0 saturated heterocycles. The maximum Gasteiger partial charge on any atom is 0.320 e. The number of aryl methyl sites for hydroxylation is 1. The first kappa shape index (κ1) is 11.0. The van der Waals surface area contributed by atoms with Crippen LogP contribution in [0.2, 0.25) is 0 Å². The van der Waals surface area contributed by atoms with Gasteiger partial charge in [0.15, 0.2) is 0 Å². The number of halogens is 1. The van der Waals surface area contributed by atoms with Gasteiger partial charge in [-0.2, -0.15) is 0 Å². The van der Waals surface area contributed by atoms with E-state index >= 15 is 0 Å². The molecule has 1 unspecified atom stereocenters. The highest BCUT2D eigenvalue weighted by Crippen LogP contribution is 2.23. The lowest BCUT2D eigenvalue weighted by Gasteiger charge is -2.04. The van der Waals surface area contributed by atoms with Crippen molar-refractivity contribution in [2.24, 2.45) is 0 Å². The largest absolute Gasteiger partial charge is 0.406 e. The van der Waals surface area contributed by atoms with Gasteiger partial charge in [0, 0.05) is 5.69 Å². The fourth-order valence-electron chi connectivity index (χ4n) is 1.27. The second-order valence-electron chi connectivity index (χ2n) is 3.50. The summed E-state index contributed by atoms with van der Waals surface area (Å²) in [5.41, 5.74) is 2.06. The maximum atomic E-state index is 5.83. The van der Waals surface area contributed by atoms with Crippen LogP contribution in [-0.2, 0) is 0 Å². The standard InChI is InChI=1S/C11H12ClN3O/c1-7-5-3-4-6-9(7)13-11-15-14-10(16-11)8(2)12/h3-6,8H,1-2H3,(H,13,15). The summed E-state index contributed by atoms with van der Waals surface area (Å²) in [5, 5.41) is 10.5. The fraction of sp³-hybridized carbons (Fsp3) is 0.273. The van der Waals surface area contributed by atoms with E-state index in [4.69, 9.17) is 16.0 Å². The second kappa shape index (κ2) is 4.53. The third-order valence-corrected chi connectivity index (χ3v) is 2.35. The average Bonchev–Trinajstić information content (AvgIpc) is 2.70. The van der Waals surface area contributed by atoms with Crippen molar-refractivity contribution >= 4 is 23.3 Å². The lowest BCUT2D eigenvalue weighted by atomic mass is 10.2. The van der Waals surface area contributed by atoms with E-state index < -0.39 is 0 Å². The molecule has 5 heteroatoms. The zero-order chi connectivity index (χ0) is 11.5. The van der Waals surface area contributed by atoms with Gasteiger partial charge in [-0.1, -0.05) is 23.3 Å². The minimum Gasteiger partial charge on any atom is -0.406 e. The Balaban J connectivity index is 2.18. The molecule has 1 atom stereocenters. The van der Waals surface area contributed by atoms with Crippen LogP contribution in [0.3, 0.4) is 0 Å². The van der Waals surface area contributed by atoms with E-state index in [1.54, 1.807) is 6.92 Å². The summed E-state index contributed by atoms with van der Waals surface area (Å²) in [6, 6.07) is 8.22. The Morgan fingerprint density at radius 2 is 2.06 bits per heavy atom.